The van der Waals surface area contributed by atoms with E-state index in [0.717, 1.165) is 28.7 Å². The Hall–Kier alpha value is -4.18. The first-order valence-electron chi connectivity index (χ1n) is 11.0. The monoisotopic (exact) mass is 488 g/mol. The maximum Gasteiger partial charge on any atom is 0.353 e. The minimum Gasteiger partial charge on any atom is -0.477 e. The summed E-state index contributed by atoms with van der Waals surface area (Å²) in [5.41, 5.74) is 4.08. The zero-order valence-electron chi connectivity index (χ0n) is 19.4. The van der Waals surface area contributed by atoms with Gasteiger partial charge in [-0.2, -0.15) is 10.2 Å². The fourth-order valence-electron chi connectivity index (χ4n) is 3.68. The minimum atomic E-state index is -1.04. The van der Waals surface area contributed by atoms with Crippen LogP contribution >= 0.6 is 11.3 Å². The van der Waals surface area contributed by atoms with Crippen molar-refractivity contribution in [2.24, 2.45) is 4.99 Å². The lowest BCUT2D eigenvalue weighted by Gasteiger charge is -2.10. The third-order valence-corrected chi connectivity index (χ3v) is 6.48. The fourth-order valence-corrected chi connectivity index (χ4v) is 4.90. The Labute approximate surface area is 205 Å². The number of aromatic nitrogens is 5. The van der Waals surface area contributed by atoms with Crippen LogP contribution in [0.25, 0.3) is 22.5 Å². The van der Waals surface area contributed by atoms with Gasteiger partial charge in [0.25, 0.3) is 5.91 Å². The predicted octanol–water partition coefficient (Wildman–Crippen LogP) is 4.10. The Balaban J connectivity index is 1.73. The van der Waals surface area contributed by atoms with Crippen molar-refractivity contribution in [1.82, 2.24) is 25.2 Å². The summed E-state index contributed by atoms with van der Waals surface area (Å²) in [6.07, 6.45) is 1.37. The van der Waals surface area contributed by atoms with Gasteiger partial charge in [0.2, 0.25) is 5.82 Å². The van der Waals surface area contributed by atoms with Crippen LogP contribution < -0.4 is 4.80 Å². The number of carbonyl (C=O) groups is 2. The summed E-state index contributed by atoms with van der Waals surface area (Å²) < 4.78 is 1.60. The van der Waals surface area contributed by atoms with Gasteiger partial charge in [-0.25, -0.2) is 4.79 Å². The quantitative estimate of drug-likeness (QED) is 0.360. The van der Waals surface area contributed by atoms with Crippen LogP contribution in [-0.4, -0.2) is 42.2 Å². The number of aromatic amines is 1. The lowest BCUT2D eigenvalue weighted by molar-refractivity contribution is -0.114. The van der Waals surface area contributed by atoms with E-state index in [1.807, 2.05) is 55.5 Å². The van der Waals surface area contributed by atoms with Crippen LogP contribution in [0.4, 0.5) is 0 Å². The van der Waals surface area contributed by atoms with Gasteiger partial charge < -0.3 is 9.67 Å². The first kappa shape index (κ1) is 24.0. The van der Waals surface area contributed by atoms with E-state index in [1.54, 1.807) is 11.5 Å². The largest absolute Gasteiger partial charge is 0.477 e. The number of amides is 1. The average Bonchev–Trinajstić information content (AvgIpc) is 3.49. The second kappa shape index (κ2) is 10.4. The zero-order valence-corrected chi connectivity index (χ0v) is 20.2. The van der Waals surface area contributed by atoms with E-state index in [-0.39, 0.29) is 12.2 Å². The van der Waals surface area contributed by atoms with Crippen molar-refractivity contribution in [3.05, 3.63) is 81.6 Å². The van der Waals surface area contributed by atoms with E-state index >= 15 is 0 Å². The van der Waals surface area contributed by atoms with E-state index < -0.39 is 11.9 Å². The summed E-state index contributed by atoms with van der Waals surface area (Å²) in [4.78, 5) is 29.6. The number of aromatic carboxylic acids is 1. The molecule has 35 heavy (non-hydrogen) atoms. The topological polar surface area (TPSA) is 126 Å². The number of aryl methyl sites for hydroxylation is 1. The lowest BCUT2D eigenvalue weighted by atomic mass is 9.98. The van der Waals surface area contributed by atoms with Gasteiger partial charge in [0.15, 0.2) is 4.80 Å². The highest BCUT2D eigenvalue weighted by Gasteiger charge is 2.20. The number of hydrogen-bond donors (Lipinski definition) is 2. The van der Waals surface area contributed by atoms with Gasteiger partial charge in [-0.15, -0.1) is 21.5 Å². The number of hydrogen-bond acceptors (Lipinski definition) is 6. The van der Waals surface area contributed by atoms with Crippen LogP contribution in [0, 0.1) is 0 Å². The van der Waals surface area contributed by atoms with Gasteiger partial charge in [-0.1, -0.05) is 68.5 Å². The number of carboxylic acid groups (broad SMARTS) is 1. The van der Waals surface area contributed by atoms with Crippen LogP contribution in [-0.2, 0) is 17.8 Å². The standard InChI is InChI=1S/C25H24N6O3S/c1-4-7-20-21(24(33)34)31(25(35-20)26-23(32)15(2)3)14-16-10-12-17(13-11-16)18-8-5-6-9-19(18)22-27-29-30-28-22/h5-6,8-13H,2,4,7,14H2,1,3H3,(H,33,34)(H,27,28,29,30). The second-order valence-corrected chi connectivity index (χ2v) is 9.03. The highest BCUT2D eigenvalue weighted by Crippen LogP contribution is 2.30. The molecule has 0 fully saturated rings. The molecule has 0 radical (unpaired) electrons. The summed E-state index contributed by atoms with van der Waals surface area (Å²) in [7, 11) is 0. The molecule has 4 aromatic rings. The zero-order chi connectivity index (χ0) is 24.9. The van der Waals surface area contributed by atoms with Crippen LogP contribution in [0.1, 0.15) is 41.2 Å². The number of rotatable bonds is 8. The Morgan fingerprint density at radius 1 is 1.14 bits per heavy atom. The molecule has 0 spiro atoms. The summed E-state index contributed by atoms with van der Waals surface area (Å²) in [6, 6.07) is 15.5. The molecule has 178 valence electrons. The van der Waals surface area contributed by atoms with Crippen molar-refractivity contribution >= 4 is 23.2 Å². The maximum absolute atomic E-state index is 12.3. The Morgan fingerprint density at radius 2 is 1.86 bits per heavy atom. The van der Waals surface area contributed by atoms with E-state index in [0.29, 0.717) is 27.5 Å². The van der Waals surface area contributed by atoms with Gasteiger partial charge in [0.05, 0.1) is 6.54 Å². The van der Waals surface area contributed by atoms with Crippen molar-refractivity contribution in [3.63, 3.8) is 0 Å². The van der Waals surface area contributed by atoms with E-state index in [2.05, 4.69) is 32.2 Å². The van der Waals surface area contributed by atoms with Crippen LogP contribution in [0.5, 0.6) is 0 Å². The van der Waals surface area contributed by atoms with Crippen molar-refractivity contribution in [2.75, 3.05) is 0 Å². The summed E-state index contributed by atoms with van der Waals surface area (Å²) in [6.45, 7) is 7.48. The minimum absolute atomic E-state index is 0.164. The molecule has 0 aliphatic rings. The Kier molecular flexibility index (Phi) is 7.11. The summed E-state index contributed by atoms with van der Waals surface area (Å²) in [5, 5.41) is 24.2. The molecule has 0 atom stereocenters. The molecule has 2 N–H and O–H groups in total. The lowest BCUT2D eigenvalue weighted by Crippen LogP contribution is -2.22. The average molecular weight is 489 g/mol. The predicted molar refractivity (Wildman–Crippen MR) is 133 cm³/mol. The second-order valence-electron chi connectivity index (χ2n) is 7.97. The molecule has 10 heteroatoms. The van der Waals surface area contributed by atoms with Crippen LogP contribution in [0.2, 0.25) is 0 Å². The third kappa shape index (κ3) is 5.17. The highest BCUT2D eigenvalue weighted by atomic mass is 32.1. The molecule has 2 aromatic heterocycles. The van der Waals surface area contributed by atoms with Crippen molar-refractivity contribution in [1.29, 1.82) is 0 Å². The van der Waals surface area contributed by atoms with Crippen LogP contribution in [0.15, 0.2) is 65.7 Å². The van der Waals surface area contributed by atoms with E-state index in [1.165, 1.54) is 11.3 Å². The number of tetrazole rings is 1. The smallest absolute Gasteiger partial charge is 0.353 e. The molecule has 0 saturated carbocycles. The molecule has 1 amide bonds. The highest BCUT2D eigenvalue weighted by molar-refractivity contribution is 7.09. The van der Waals surface area contributed by atoms with Crippen molar-refractivity contribution in [2.45, 2.75) is 33.2 Å². The van der Waals surface area contributed by atoms with Crippen molar-refractivity contribution in [3.8, 4) is 22.5 Å². The van der Waals surface area contributed by atoms with Gasteiger partial charge in [0, 0.05) is 16.0 Å². The normalized spacial score (nSPS) is 11.5. The Morgan fingerprint density at radius 3 is 2.46 bits per heavy atom. The van der Waals surface area contributed by atoms with Crippen molar-refractivity contribution < 1.29 is 14.7 Å². The number of thiazole rings is 1. The van der Waals surface area contributed by atoms with Gasteiger partial charge >= 0.3 is 5.97 Å². The number of carbonyl (C=O) groups excluding carboxylic acids is 1. The van der Waals surface area contributed by atoms with Gasteiger partial charge in [0.1, 0.15) is 5.69 Å². The van der Waals surface area contributed by atoms with E-state index in [4.69, 9.17) is 0 Å². The number of nitrogens with one attached hydrogen (secondary N) is 1. The number of H-pyrrole nitrogens is 1. The Bertz CT molecular complexity index is 1450. The fraction of sp³-hybridized carbons (Fsp3) is 0.200. The van der Waals surface area contributed by atoms with Crippen LogP contribution in [0.3, 0.4) is 0 Å². The van der Waals surface area contributed by atoms with Gasteiger partial charge in [-0.3, -0.25) is 4.79 Å². The number of nitrogens with zero attached hydrogens (tertiary/aromatic N) is 5. The molecule has 2 aromatic carbocycles. The SMILES string of the molecule is C=C(C)C(=O)N=c1sc(CCC)c(C(=O)O)n1Cc1ccc(-c2ccccc2-c2nn[nH]n2)cc1. The maximum atomic E-state index is 12.3. The molecular weight excluding hydrogens is 464 g/mol. The molecule has 0 bridgehead atoms. The molecule has 4 rings (SSSR count). The molecule has 2 heterocycles. The number of carboxylic acids is 1. The third-order valence-electron chi connectivity index (χ3n) is 5.34. The summed E-state index contributed by atoms with van der Waals surface area (Å²) in [5.74, 6) is -1.01. The number of benzene rings is 2. The van der Waals surface area contributed by atoms with Gasteiger partial charge in [-0.05, 0) is 35.2 Å². The first-order valence-corrected chi connectivity index (χ1v) is 11.8. The molecule has 0 unspecified atom stereocenters. The molecular formula is C25H24N6O3S. The molecule has 0 saturated heterocycles. The molecule has 9 nitrogen and oxygen atoms in total. The molecule has 0 aliphatic heterocycles. The van der Waals surface area contributed by atoms with E-state index in [9.17, 15) is 14.7 Å². The first-order chi connectivity index (χ1) is 16.9. The summed E-state index contributed by atoms with van der Waals surface area (Å²) >= 11 is 1.24. The molecule has 0 aliphatic carbocycles.